The predicted molar refractivity (Wildman–Crippen MR) is 60.2 cm³/mol. The number of ketones is 1. The van der Waals surface area contributed by atoms with Gasteiger partial charge in [-0.1, -0.05) is 6.07 Å². The van der Waals surface area contributed by atoms with Crippen LogP contribution in [0.15, 0.2) is 27.4 Å². The van der Waals surface area contributed by atoms with E-state index < -0.39 is 5.76 Å². The highest BCUT2D eigenvalue weighted by atomic mass is 16.4. The van der Waals surface area contributed by atoms with E-state index in [0.29, 0.717) is 29.8 Å². The van der Waals surface area contributed by atoms with Gasteiger partial charge in [0.25, 0.3) is 0 Å². The van der Waals surface area contributed by atoms with Crippen molar-refractivity contribution in [2.75, 3.05) is 5.73 Å². The van der Waals surface area contributed by atoms with Gasteiger partial charge in [0.05, 0.1) is 5.69 Å². The maximum absolute atomic E-state index is 11.5. The third-order valence-corrected chi connectivity index (χ3v) is 2.41. The Morgan fingerprint density at radius 3 is 2.94 bits per heavy atom. The van der Waals surface area contributed by atoms with Crippen molar-refractivity contribution in [1.82, 2.24) is 4.57 Å². The molecule has 0 aliphatic carbocycles. The lowest BCUT2D eigenvalue weighted by Gasteiger charge is -2.01. The van der Waals surface area contributed by atoms with Crippen LogP contribution in [-0.2, 0) is 11.3 Å². The summed E-state index contributed by atoms with van der Waals surface area (Å²) in [6.07, 6.45) is 0.295. The Hall–Kier alpha value is -2.04. The van der Waals surface area contributed by atoms with E-state index in [0.717, 1.165) is 0 Å². The lowest BCUT2D eigenvalue weighted by Crippen LogP contribution is -2.16. The number of hydrogen-bond acceptors (Lipinski definition) is 4. The van der Waals surface area contributed by atoms with E-state index in [4.69, 9.17) is 10.2 Å². The summed E-state index contributed by atoms with van der Waals surface area (Å²) >= 11 is 0. The number of benzene rings is 1. The minimum Gasteiger partial charge on any atom is -0.408 e. The zero-order valence-electron chi connectivity index (χ0n) is 8.90. The van der Waals surface area contributed by atoms with Crippen molar-refractivity contribution in [3.63, 3.8) is 0 Å². The number of rotatable bonds is 3. The molecule has 16 heavy (non-hydrogen) atoms. The van der Waals surface area contributed by atoms with Gasteiger partial charge in [-0.15, -0.1) is 0 Å². The number of para-hydroxylation sites is 1. The first-order valence-electron chi connectivity index (χ1n) is 4.97. The first-order valence-corrected chi connectivity index (χ1v) is 4.97. The third-order valence-electron chi connectivity index (χ3n) is 2.41. The zero-order valence-corrected chi connectivity index (χ0v) is 8.90. The van der Waals surface area contributed by atoms with E-state index >= 15 is 0 Å². The van der Waals surface area contributed by atoms with Crippen molar-refractivity contribution >= 4 is 22.6 Å². The molecular formula is C11H12N2O3. The molecule has 5 nitrogen and oxygen atoms in total. The minimum atomic E-state index is -0.478. The second-order valence-electron chi connectivity index (χ2n) is 3.67. The number of anilines is 1. The number of aromatic nitrogens is 1. The van der Waals surface area contributed by atoms with Crippen LogP contribution in [0.1, 0.15) is 13.3 Å². The van der Waals surface area contributed by atoms with Crippen LogP contribution in [0.4, 0.5) is 5.69 Å². The average molecular weight is 220 g/mol. The summed E-state index contributed by atoms with van der Waals surface area (Å²) in [6.45, 7) is 1.78. The van der Waals surface area contributed by atoms with E-state index in [-0.39, 0.29) is 5.78 Å². The number of nitrogen functional groups attached to an aromatic ring is 1. The molecule has 2 N–H and O–H groups in total. The topological polar surface area (TPSA) is 78.2 Å². The zero-order chi connectivity index (χ0) is 11.7. The van der Waals surface area contributed by atoms with Crippen LogP contribution in [0.5, 0.6) is 0 Å². The fourth-order valence-corrected chi connectivity index (χ4v) is 1.62. The number of carbonyl (C=O) groups excluding carboxylic acids is 1. The number of fused-ring (bicyclic) bond motifs is 1. The molecule has 0 spiro atoms. The van der Waals surface area contributed by atoms with Crippen molar-refractivity contribution in [2.24, 2.45) is 0 Å². The highest BCUT2D eigenvalue weighted by molar-refractivity contribution is 5.85. The van der Waals surface area contributed by atoms with Crippen molar-refractivity contribution in [1.29, 1.82) is 0 Å². The number of oxazole rings is 1. The molecule has 0 aliphatic rings. The van der Waals surface area contributed by atoms with E-state index in [1.54, 1.807) is 18.2 Å². The Bertz CT molecular complexity index is 595. The molecular weight excluding hydrogens is 208 g/mol. The summed E-state index contributed by atoms with van der Waals surface area (Å²) < 4.78 is 6.42. The predicted octanol–water partition coefficient (Wildman–Crippen LogP) is 1.16. The molecule has 0 atom stereocenters. The molecule has 0 fully saturated rings. The number of nitrogens with two attached hydrogens (primary N) is 1. The number of carbonyl (C=O) groups is 1. The molecule has 1 aromatic carbocycles. The summed E-state index contributed by atoms with van der Waals surface area (Å²) in [6, 6.07) is 5.09. The fraction of sp³-hybridized carbons (Fsp3) is 0.273. The van der Waals surface area contributed by atoms with Crippen molar-refractivity contribution < 1.29 is 9.21 Å². The number of nitrogens with zero attached hydrogens (tertiary/aromatic N) is 1. The molecule has 1 aromatic heterocycles. The largest absolute Gasteiger partial charge is 0.420 e. The Morgan fingerprint density at radius 1 is 1.50 bits per heavy atom. The smallest absolute Gasteiger partial charge is 0.408 e. The first-order chi connectivity index (χ1) is 7.59. The molecule has 0 unspecified atom stereocenters. The molecule has 5 heteroatoms. The molecule has 2 aromatic rings. The van der Waals surface area contributed by atoms with Crippen LogP contribution in [-0.4, -0.2) is 10.4 Å². The normalized spacial score (nSPS) is 10.8. The molecule has 0 radical (unpaired) electrons. The van der Waals surface area contributed by atoms with Crippen LogP contribution >= 0.6 is 0 Å². The maximum atomic E-state index is 11.5. The SMILES string of the molecule is CC(=O)CCn1c(=O)oc2cccc(N)c21. The monoisotopic (exact) mass is 220 g/mol. The minimum absolute atomic E-state index is 0.0238. The second-order valence-corrected chi connectivity index (χ2v) is 3.67. The second kappa shape index (κ2) is 3.84. The Kier molecular flexibility index (Phi) is 2.52. The number of aryl methyl sites for hydroxylation is 1. The summed E-state index contributed by atoms with van der Waals surface area (Å²) in [5.41, 5.74) is 7.27. The Balaban J connectivity index is 2.55. The summed E-state index contributed by atoms with van der Waals surface area (Å²) in [4.78, 5) is 22.4. The van der Waals surface area contributed by atoms with E-state index in [9.17, 15) is 9.59 Å². The molecule has 1 heterocycles. The summed E-state index contributed by atoms with van der Waals surface area (Å²) in [5, 5.41) is 0. The Morgan fingerprint density at radius 2 is 2.25 bits per heavy atom. The van der Waals surface area contributed by atoms with Gasteiger partial charge in [0, 0.05) is 13.0 Å². The maximum Gasteiger partial charge on any atom is 0.420 e. The van der Waals surface area contributed by atoms with Gasteiger partial charge in [0.1, 0.15) is 11.3 Å². The van der Waals surface area contributed by atoms with Crippen molar-refractivity contribution in [3.8, 4) is 0 Å². The van der Waals surface area contributed by atoms with Crippen LogP contribution in [0.3, 0.4) is 0 Å². The van der Waals surface area contributed by atoms with Gasteiger partial charge in [-0.2, -0.15) is 0 Å². The van der Waals surface area contributed by atoms with Crippen LogP contribution in [0.2, 0.25) is 0 Å². The highest BCUT2D eigenvalue weighted by Gasteiger charge is 2.11. The Labute approximate surface area is 91.5 Å². The van der Waals surface area contributed by atoms with E-state index in [1.807, 2.05) is 0 Å². The lowest BCUT2D eigenvalue weighted by atomic mass is 10.2. The van der Waals surface area contributed by atoms with Crippen LogP contribution in [0, 0.1) is 0 Å². The van der Waals surface area contributed by atoms with E-state index in [1.165, 1.54) is 11.5 Å². The van der Waals surface area contributed by atoms with Crippen molar-refractivity contribution in [3.05, 3.63) is 28.7 Å². The van der Waals surface area contributed by atoms with Gasteiger partial charge in [-0.05, 0) is 19.1 Å². The third kappa shape index (κ3) is 1.71. The van der Waals surface area contributed by atoms with E-state index in [2.05, 4.69) is 0 Å². The fourth-order valence-electron chi connectivity index (χ4n) is 1.62. The summed E-state index contributed by atoms with van der Waals surface area (Å²) in [7, 11) is 0. The molecule has 2 rings (SSSR count). The molecule has 0 aliphatic heterocycles. The van der Waals surface area contributed by atoms with Crippen LogP contribution in [0.25, 0.3) is 11.1 Å². The van der Waals surface area contributed by atoms with Gasteiger partial charge >= 0.3 is 5.76 Å². The quantitative estimate of drug-likeness (QED) is 0.787. The standard InChI is InChI=1S/C11H12N2O3/c1-7(14)5-6-13-10-8(12)3-2-4-9(10)16-11(13)15/h2-4H,5-6,12H2,1H3. The van der Waals surface area contributed by atoms with Crippen molar-refractivity contribution in [2.45, 2.75) is 19.9 Å². The van der Waals surface area contributed by atoms with Gasteiger partial charge < -0.3 is 10.2 Å². The number of hydrogen-bond donors (Lipinski definition) is 1. The summed E-state index contributed by atoms with van der Waals surface area (Å²) in [5.74, 6) is -0.454. The van der Waals surface area contributed by atoms with Gasteiger partial charge in [0.15, 0.2) is 5.58 Å². The lowest BCUT2D eigenvalue weighted by molar-refractivity contribution is -0.117. The van der Waals surface area contributed by atoms with Gasteiger partial charge in [-0.3, -0.25) is 9.36 Å². The first kappa shape index (κ1) is 10.5. The van der Waals surface area contributed by atoms with Crippen LogP contribution < -0.4 is 11.5 Å². The highest BCUT2D eigenvalue weighted by Crippen LogP contribution is 2.19. The molecule has 0 bridgehead atoms. The molecule has 84 valence electrons. The number of Topliss-reactive ketones (excluding diaryl/α,β-unsaturated/α-hetero) is 1. The van der Waals surface area contributed by atoms with Gasteiger partial charge in [-0.25, -0.2) is 4.79 Å². The molecule has 0 saturated heterocycles. The van der Waals surface area contributed by atoms with Gasteiger partial charge in [0.2, 0.25) is 0 Å². The average Bonchev–Trinajstić information content (AvgIpc) is 2.52. The molecule has 0 amide bonds. The molecule has 0 saturated carbocycles.